The Labute approximate surface area is 162 Å². The number of hydrogen-bond donors (Lipinski definition) is 1. The second-order valence-corrected chi connectivity index (χ2v) is 6.13. The molecule has 0 heterocycles. The average molecular weight is 384 g/mol. The van der Waals surface area contributed by atoms with Crippen molar-refractivity contribution in [3.63, 3.8) is 0 Å². The van der Waals surface area contributed by atoms with Crippen molar-refractivity contribution in [3.05, 3.63) is 90.5 Å². The Kier molecular flexibility index (Phi) is 6.33. The van der Waals surface area contributed by atoms with Gasteiger partial charge >= 0.3 is 6.61 Å². The first kappa shape index (κ1) is 18.8. The number of nitrogens with zero attached hydrogens (tertiary/aromatic N) is 1. The van der Waals surface area contributed by atoms with Crippen molar-refractivity contribution in [3.8, 4) is 5.75 Å². The van der Waals surface area contributed by atoms with Crippen molar-refractivity contribution in [2.24, 2.45) is 0 Å². The number of hydrogen-bond acceptors (Lipinski definition) is 2. The molecule has 3 nitrogen and oxygen atoms in total. The molecule has 3 aromatic rings. The van der Waals surface area contributed by atoms with E-state index in [0.29, 0.717) is 17.3 Å². The molecular weight excluding hydrogens is 366 g/mol. The second kappa shape index (κ2) is 9.09. The number of alkyl halides is 2. The van der Waals surface area contributed by atoms with Crippen LogP contribution in [0.4, 0.5) is 20.2 Å². The zero-order chi connectivity index (χ0) is 19.1. The van der Waals surface area contributed by atoms with Gasteiger partial charge in [-0.05, 0) is 54.2 Å². The fraction of sp³-hybridized carbons (Fsp3) is 0.0952. The van der Waals surface area contributed by atoms with Crippen LogP contribution < -0.4 is 15.0 Å². The zero-order valence-electron chi connectivity index (χ0n) is 14.4. The van der Waals surface area contributed by atoms with Crippen LogP contribution in [0.5, 0.6) is 5.75 Å². The van der Waals surface area contributed by atoms with E-state index in [0.717, 1.165) is 11.3 Å². The molecule has 0 bridgehead atoms. The number of halogens is 2. The van der Waals surface area contributed by atoms with Crippen molar-refractivity contribution in [1.82, 2.24) is 0 Å². The topological polar surface area (TPSA) is 24.5 Å². The number of thiocarbonyl (C=S) groups is 1. The van der Waals surface area contributed by atoms with Gasteiger partial charge in [0.05, 0.1) is 6.54 Å². The number of benzene rings is 3. The highest BCUT2D eigenvalue weighted by Crippen LogP contribution is 2.21. The highest BCUT2D eigenvalue weighted by molar-refractivity contribution is 7.80. The van der Waals surface area contributed by atoms with Crippen molar-refractivity contribution in [2.75, 3.05) is 10.2 Å². The lowest BCUT2D eigenvalue weighted by molar-refractivity contribution is -0.0498. The van der Waals surface area contributed by atoms with Crippen LogP contribution in [0.15, 0.2) is 84.9 Å². The molecule has 1 N–H and O–H groups in total. The minimum Gasteiger partial charge on any atom is -0.435 e. The van der Waals surface area contributed by atoms with E-state index in [1.165, 1.54) is 12.1 Å². The van der Waals surface area contributed by atoms with E-state index >= 15 is 0 Å². The molecule has 0 aliphatic carbocycles. The third-order valence-electron chi connectivity index (χ3n) is 3.83. The summed E-state index contributed by atoms with van der Waals surface area (Å²) in [4.78, 5) is 1.98. The molecule has 0 saturated carbocycles. The van der Waals surface area contributed by atoms with Gasteiger partial charge in [-0.1, -0.05) is 48.5 Å². The molecule has 0 aromatic heterocycles. The number of para-hydroxylation sites is 1. The van der Waals surface area contributed by atoms with Crippen LogP contribution in [0.1, 0.15) is 5.56 Å². The summed E-state index contributed by atoms with van der Waals surface area (Å²) >= 11 is 5.60. The Hall–Kier alpha value is -2.99. The summed E-state index contributed by atoms with van der Waals surface area (Å²) in [7, 11) is 0. The maximum atomic E-state index is 12.3. The van der Waals surface area contributed by atoms with Crippen molar-refractivity contribution < 1.29 is 13.5 Å². The monoisotopic (exact) mass is 384 g/mol. The summed E-state index contributed by atoms with van der Waals surface area (Å²) in [5, 5.41) is 3.66. The largest absolute Gasteiger partial charge is 0.435 e. The third-order valence-corrected chi connectivity index (χ3v) is 4.15. The summed E-state index contributed by atoms with van der Waals surface area (Å²) < 4.78 is 28.9. The predicted molar refractivity (Wildman–Crippen MR) is 108 cm³/mol. The van der Waals surface area contributed by atoms with E-state index in [9.17, 15) is 8.78 Å². The highest BCUT2D eigenvalue weighted by Gasteiger charge is 2.13. The summed E-state index contributed by atoms with van der Waals surface area (Å²) in [6, 6.07) is 26.1. The fourth-order valence-corrected chi connectivity index (χ4v) is 2.85. The first-order chi connectivity index (χ1) is 13.1. The normalized spacial score (nSPS) is 10.5. The molecule has 0 radical (unpaired) electrons. The first-order valence-electron chi connectivity index (χ1n) is 8.34. The Morgan fingerprint density at radius 1 is 0.889 bits per heavy atom. The molecule has 3 rings (SSSR count). The van der Waals surface area contributed by atoms with E-state index in [2.05, 4.69) is 10.1 Å². The molecule has 0 spiro atoms. The molecule has 0 aliphatic rings. The van der Waals surface area contributed by atoms with E-state index in [1.807, 2.05) is 65.6 Å². The third kappa shape index (κ3) is 5.49. The molecular formula is C21H18F2N2OS. The molecule has 0 saturated heterocycles. The van der Waals surface area contributed by atoms with Gasteiger partial charge in [0.1, 0.15) is 5.75 Å². The average Bonchev–Trinajstić information content (AvgIpc) is 2.68. The maximum absolute atomic E-state index is 12.3. The quantitative estimate of drug-likeness (QED) is 0.552. The number of nitrogens with one attached hydrogen (secondary N) is 1. The standard InChI is InChI=1S/C21H18F2N2OS/c22-20(23)26-19-13-11-17(12-14-19)24-21(27)25(18-9-5-2-6-10-18)15-16-7-3-1-4-8-16/h1-14,20H,15H2,(H,24,27). The molecule has 138 valence electrons. The molecule has 6 heteroatoms. The first-order valence-corrected chi connectivity index (χ1v) is 8.75. The highest BCUT2D eigenvalue weighted by atomic mass is 32.1. The molecule has 3 aromatic carbocycles. The Morgan fingerprint density at radius 2 is 1.48 bits per heavy atom. The van der Waals surface area contributed by atoms with Crippen LogP contribution >= 0.6 is 12.2 Å². The number of rotatable bonds is 6. The lowest BCUT2D eigenvalue weighted by atomic mass is 10.2. The van der Waals surface area contributed by atoms with E-state index in [1.54, 1.807) is 12.1 Å². The minimum atomic E-state index is -2.84. The lowest BCUT2D eigenvalue weighted by Gasteiger charge is -2.26. The van der Waals surface area contributed by atoms with Crippen LogP contribution in [-0.2, 0) is 6.54 Å². The number of anilines is 2. The van der Waals surface area contributed by atoms with Crippen molar-refractivity contribution >= 4 is 28.7 Å². The maximum Gasteiger partial charge on any atom is 0.387 e. The molecule has 0 unspecified atom stereocenters. The fourth-order valence-electron chi connectivity index (χ4n) is 2.56. The van der Waals surface area contributed by atoms with Gasteiger partial charge in [-0.3, -0.25) is 0 Å². The van der Waals surface area contributed by atoms with Gasteiger partial charge in [0.25, 0.3) is 0 Å². The van der Waals surface area contributed by atoms with Crippen LogP contribution in [0, 0.1) is 0 Å². The molecule has 0 fully saturated rings. The smallest absolute Gasteiger partial charge is 0.387 e. The molecule has 27 heavy (non-hydrogen) atoms. The zero-order valence-corrected chi connectivity index (χ0v) is 15.2. The van der Waals surface area contributed by atoms with Gasteiger partial charge in [0.2, 0.25) is 0 Å². The van der Waals surface area contributed by atoms with Gasteiger partial charge in [-0.2, -0.15) is 8.78 Å². The Bertz CT molecular complexity index is 858. The summed E-state index contributed by atoms with van der Waals surface area (Å²) in [6.07, 6.45) is 0. The molecule has 0 atom stereocenters. The SMILES string of the molecule is FC(F)Oc1ccc(NC(=S)N(Cc2ccccc2)c2ccccc2)cc1. The van der Waals surface area contributed by atoms with Crippen LogP contribution in [0.2, 0.25) is 0 Å². The van der Waals surface area contributed by atoms with Crippen LogP contribution in [-0.4, -0.2) is 11.7 Å². The lowest BCUT2D eigenvalue weighted by Crippen LogP contribution is -2.34. The number of ether oxygens (including phenoxy) is 1. The predicted octanol–water partition coefficient (Wildman–Crippen LogP) is 5.69. The van der Waals surface area contributed by atoms with Crippen LogP contribution in [0.3, 0.4) is 0 Å². The molecule has 0 aliphatic heterocycles. The van der Waals surface area contributed by atoms with Gasteiger partial charge in [-0.15, -0.1) is 0 Å². The Morgan fingerprint density at radius 3 is 2.07 bits per heavy atom. The van der Waals surface area contributed by atoms with Gasteiger partial charge in [-0.25, -0.2) is 0 Å². The van der Waals surface area contributed by atoms with Crippen molar-refractivity contribution in [2.45, 2.75) is 13.2 Å². The van der Waals surface area contributed by atoms with E-state index < -0.39 is 6.61 Å². The van der Waals surface area contributed by atoms with Gasteiger partial charge in [0.15, 0.2) is 5.11 Å². The summed E-state index contributed by atoms with van der Waals surface area (Å²) in [5.41, 5.74) is 2.76. The van der Waals surface area contributed by atoms with Gasteiger partial charge in [0, 0.05) is 11.4 Å². The van der Waals surface area contributed by atoms with Crippen LogP contribution in [0.25, 0.3) is 0 Å². The second-order valence-electron chi connectivity index (χ2n) is 5.74. The Balaban J connectivity index is 1.76. The van der Waals surface area contributed by atoms with E-state index in [4.69, 9.17) is 12.2 Å². The minimum absolute atomic E-state index is 0.102. The van der Waals surface area contributed by atoms with E-state index in [-0.39, 0.29) is 5.75 Å². The summed E-state index contributed by atoms with van der Waals surface area (Å²) in [6.45, 7) is -2.24. The van der Waals surface area contributed by atoms with Gasteiger partial charge < -0.3 is 15.0 Å². The molecule has 0 amide bonds. The van der Waals surface area contributed by atoms with Crippen molar-refractivity contribution in [1.29, 1.82) is 0 Å². The summed E-state index contributed by atoms with van der Waals surface area (Å²) in [5.74, 6) is 0.102.